The van der Waals surface area contributed by atoms with E-state index in [-0.39, 0.29) is 30.5 Å². The molecule has 19 heavy (non-hydrogen) atoms. The predicted molar refractivity (Wildman–Crippen MR) is 68.9 cm³/mol. The molecule has 6 heteroatoms. The van der Waals surface area contributed by atoms with Crippen LogP contribution in [0.4, 0.5) is 4.79 Å². The number of hydrogen-bond donors (Lipinski definition) is 2. The Morgan fingerprint density at radius 2 is 2.16 bits per heavy atom. The number of carbonyl (C=O) groups excluding carboxylic acids is 1. The Labute approximate surface area is 113 Å². The summed E-state index contributed by atoms with van der Waals surface area (Å²) in [6, 6.07) is 0.145. The maximum atomic E-state index is 12.1. The number of carboxylic acids is 1. The number of ether oxygens (including phenoxy) is 1. The average molecular weight is 270 g/mol. The number of methoxy groups -OCH3 is 1. The highest BCUT2D eigenvalue weighted by molar-refractivity contribution is 5.75. The number of carbonyl (C=O) groups is 2. The molecule has 0 radical (unpaired) electrons. The van der Waals surface area contributed by atoms with Crippen molar-refractivity contribution in [2.45, 2.75) is 44.2 Å². The number of nitrogens with zero attached hydrogens (tertiary/aromatic N) is 1. The summed E-state index contributed by atoms with van der Waals surface area (Å²) in [5.41, 5.74) is 0. The van der Waals surface area contributed by atoms with E-state index in [1.807, 2.05) is 0 Å². The molecular formula is C13H22N2O4. The second-order valence-corrected chi connectivity index (χ2v) is 5.53. The molecule has 2 fully saturated rings. The van der Waals surface area contributed by atoms with Gasteiger partial charge in [0.15, 0.2) is 0 Å². The van der Waals surface area contributed by atoms with Gasteiger partial charge < -0.3 is 20.1 Å². The second kappa shape index (κ2) is 6.23. The zero-order chi connectivity index (χ0) is 13.8. The smallest absolute Gasteiger partial charge is 0.317 e. The third kappa shape index (κ3) is 3.83. The zero-order valence-electron chi connectivity index (χ0n) is 11.3. The van der Waals surface area contributed by atoms with Crippen molar-refractivity contribution in [3.63, 3.8) is 0 Å². The van der Waals surface area contributed by atoms with Gasteiger partial charge in [0.2, 0.25) is 0 Å². The van der Waals surface area contributed by atoms with Crippen LogP contribution in [0.5, 0.6) is 0 Å². The molecule has 0 bridgehead atoms. The lowest BCUT2D eigenvalue weighted by Crippen LogP contribution is -2.53. The van der Waals surface area contributed by atoms with Crippen LogP contribution >= 0.6 is 0 Å². The maximum absolute atomic E-state index is 12.1. The zero-order valence-corrected chi connectivity index (χ0v) is 11.3. The first-order chi connectivity index (χ1) is 9.08. The molecule has 0 aromatic carbocycles. The molecule has 2 amide bonds. The molecule has 0 aromatic rings. The van der Waals surface area contributed by atoms with E-state index in [2.05, 4.69) is 5.32 Å². The van der Waals surface area contributed by atoms with Gasteiger partial charge in [-0.2, -0.15) is 0 Å². The van der Waals surface area contributed by atoms with Gasteiger partial charge in [-0.25, -0.2) is 4.79 Å². The number of likely N-dealkylation sites (tertiary alicyclic amines) is 1. The van der Waals surface area contributed by atoms with E-state index in [0.717, 1.165) is 32.2 Å². The molecule has 6 nitrogen and oxygen atoms in total. The number of hydrogen-bond acceptors (Lipinski definition) is 3. The topological polar surface area (TPSA) is 78.9 Å². The van der Waals surface area contributed by atoms with Gasteiger partial charge in [0.1, 0.15) is 0 Å². The first kappa shape index (κ1) is 14.1. The summed E-state index contributed by atoms with van der Waals surface area (Å²) < 4.78 is 5.17. The van der Waals surface area contributed by atoms with Crippen LogP contribution in [0.25, 0.3) is 0 Å². The van der Waals surface area contributed by atoms with Crippen LogP contribution in [0, 0.1) is 5.92 Å². The number of urea groups is 1. The van der Waals surface area contributed by atoms with Crippen LogP contribution in [0.3, 0.4) is 0 Å². The van der Waals surface area contributed by atoms with Gasteiger partial charge in [-0.15, -0.1) is 0 Å². The molecule has 1 saturated heterocycles. The Morgan fingerprint density at radius 1 is 1.42 bits per heavy atom. The molecule has 1 aliphatic heterocycles. The van der Waals surface area contributed by atoms with E-state index in [0.29, 0.717) is 6.54 Å². The van der Waals surface area contributed by atoms with Crippen molar-refractivity contribution in [3.8, 4) is 0 Å². The van der Waals surface area contributed by atoms with E-state index in [9.17, 15) is 9.59 Å². The number of rotatable bonds is 4. The monoisotopic (exact) mass is 270 g/mol. The Kier molecular flexibility index (Phi) is 4.63. The van der Waals surface area contributed by atoms with Gasteiger partial charge in [0.05, 0.1) is 6.10 Å². The fraction of sp³-hybridized carbons (Fsp3) is 0.846. The number of nitrogens with one attached hydrogen (secondary N) is 1. The van der Waals surface area contributed by atoms with Gasteiger partial charge in [-0.1, -0.05) is 0 Å². The van der Waals surface area contributed by atoms with Crippen LogP contribution in [0.1, 0.15) is 32.1 Å². The van der Waals surface area contributed by atoms with Crippen LogP contribution in [-0.4, -0.2) is 54.4 Å². The molecule has 108 valence electrons. The van der Waals surface area contributed by atoms with Crippen molar-refractivity contribution >= 4 is 12.0 Å². The SMILES string of the molecule is COC1CC(NC(=O)N2CCCC(CC(=O)O)C2)C1. The maximum Gasteiger partial charge on any atom is 0.317 e. The quantitative estimate of drug-likeness (QED) is 0.800. The van der Waals surface area contributed by atoms with E-state index >= 15 is 0 Å². The second-order valence-electron chi connectivity index (χ2n) is 5.53. The van der Waals surface area contributed by atoms with Crippen molar-refractivity contribution in [2.75, 3.05) is 20.2 Å². The van der Waals surface area contributed by atoms with E-state index in [4.69, 9.17) is 9.84 Å². The molecule has 1 saturated carbocycles. The minimum atomic E-state index is -0.783. The summed E-state index contributed by atoms with van der Waals surface area (Å²) >= 11 is 0. The van der Waals surface area contributed by atoms with E-state index < -0.39 is 5.97 Å². The summed E-state index contributed by atoms with van der Waals surface area (Å²) in [6.45, 7) is 1.28. The summed E-state index contributed by atoms with van der Waals surface area (Å²) in [4.78, 5) is 24.5. The summed E-state index contributed by atoms with van der Waals surface area (Å²) in [5.74, 6) is -0.695. The van der Waals surface area contributed by atoms with Crippen molar-refractivity contribution in [1.82, 2.24) is 10.2 Å². The lowest BCUT2D eigenvalue weighted by molar-refractivity contribution is -0.138. The first-order valence-corrected chi connectivity index (χ1v) is 6.88. The molecule has 1 atom stereocenters. The van der Waals surface area contributed by atoms with Crippen molar-refractivity contribution in [3.05, 3.63) is 0 Å². The molecule has 2 rings (SSSR count). The van der Waals surface area contributed by atoms with Crippen LogP contribution < -0.4 is 5.32 Å². The van der Waals surface area contributed by atoms with Gasteiger partial charge in [-0.3, -0.25) is 4.79 Å². The normalized spacial score (nSPS) is 30.6. The fourth-order valence-corrected chi connectivity index (χ4v) is 2.80. The third-order valence-corrected chi connectivity index (χ3v) is 4.03. The molecule has 1 unspecified atom stereocenters. The highest BCUT2D eigenvalue weighted by Gasteiger charge is 2.32. The highest BCUT2D eigenvalue weighted by atomic mass is 16.5. The minimum Gasteiger partial charge on any atom is -0.481 e. The highest BCUT2D eigenvalue weighted by Crippen LogP contribution is 2.24. The largest absolute Gasteiger partial charge is 0.481 e. The lowest BCUT2D eigenvalue weighted by atomic mass is 9.89. The Balaban J connectivity index is 1.74. The van der Waals surface area contributed by atoms with Crippen LogP contribution in [-0.2, 0) is 9.53 Å². The summed E-state index contributed by atoms with van der Waals surface area (Å²) in [5, 5.41) is 11.8. The molecule has 0 spiro atoms. The first-order valence-electron chi connectivity index (χ1n) is 6.88. The molecule has 2 N–H and O–H groups in total. The molecule has 2 aliphatic rings. The Morgan fingerprint density at radius 3 is 2.79 bits per heavy atom. The molecular weight excluding hydrogens is 248 g/mol. The fourth-order valence-electron chi connectivity index (χ4n) is 2.80. The van der Waals surface area contributed by atoms with Crippen LogP contribution in [0.2, 0.25) is 0 Å². The molecule has 1 heterocycles. The lowest BCUT2D eigenvalue weighted by Gasteiger charge is -2.38. The van der Waals surface area contributed by atoms with E-state index in [1.54, 1.807) is 12.0 Å². The van der Waals surface area contributed by atoms with Gasteiger partial charge in [0, 0.05) is 32.7 Å². The standard InChI is InChI=1S/C13H22N2O4/c1-19-11-6-10(7-11)14-13(18)15-4-2-3-9(8-15)5-12(16)17/h9-11H,2-8H2,1H3,(H,14,18)(H,16,17). The average Bonchev–Trinajstić information content (AvgIpc) is 2.32. The predicted octanol–water partition coefficient (Wildman–Crippen LogP) is 1.06. The third-order valence-electron chi connectivity index (χ3n) is 4.03. The number of piperidine rings is 1. The number of amides is 2. The Hall–Kier alpha value is -1.30. The van der Waals surface area contributed by atoms with Crippen molar-refractivity contribution < 1.29 is 19.4 Å². The number of aliphatic carboxylic acids is 1. The number of carboxylic acid groups (broad SMARTS) is 1. The molecule has 0 aromatic heterocycles. The van der Waals surface area contributed by atoms with Crippen molar-refractivity contribution in [2.24, 2.45) is 5.92 Å². The summed E-state index contributed by atoms with van der Waals surface area (Å²) in [6.07, 6.45) is 3.94. The Bertz CT molecular complexity index is 342. The van der Waals surface area contributed by atoms with Gasteiger partial charge in [-0.05, 0) is 31.6 Å². The summed E-state index contributed by atoms with van der Waals surface area (Å²) in [7, 11) is 1.68. The van der Waals surface area contributed by atoms with Crippen molar-refractivity contribution in [1.29, 1.82) is 0 Å². The molecule has 1 aliphatic carbocycles. The minimum absolute atomic E-state index is 0.0605. The van der Waals surface area contributed by atoms with Crippen LogP contribution in [0.15, 0.2) is 0 Å². The van der Waals surface area contributed by atoms with Gasteiger partial charge >= 0.3 is 12.0 Å². The van der Waals surface area contributed by atoms with E-state index in [1.165, 1.54) is 0 Å². The van der Waals surface area contributed by atoms with Gasteiger partial charge in [0.25, 0.3) is 0 Å².